The van der Waals surface area contributed by atoms with Crippen LogP contribution in [-0.2, 0) is 11.2 Å². The molecule has 1 heterocycles. The minimum absolute atomic E-state index is 0.477. The van der Waals surface area contributed by atoms with Gasteiger partial charge >= 0.3 is 0 Å². The second-order valence-corrected chi connectivity index (χ2v) is 5.64. The molecule has 0 radical (unpaired) electrons. The second kappa shape index (κ2) is 7.43. The smallest absolute Gasteiger partial charge is 0.125 e. The summed E-state index contributed by atoms with van der Waals surface area (Å²) < 4.78 is 10.7. The number of methoxy groups -OCH3 is 1. The van der Waals surface area contributed by atoms with Crippen LogP contribution in [0, 0.1) is 0 Å². The summed E-state index contributed by atoms with van der Waals surface area (Å²) in [6.45, 7) is 3.12. The lowest BCUT2D eigenvalue weighted by atomic mass is 10.1. The number of para-hydroxylation sites is 1. The lowest BCUT2D eigenvalue weighted by Gasteiger charge is -2.15. The van der Waals surface area contributed by atoms with Gasteiger partial charge in [0, 0.05) is 22.4 Å². The fourth-order valence-corrected chi connectivity index (χ4v) is 2.92. The number of aliphatic hydroxyl groups excluding tert-OH is 1. The van der Waals surface area contributed by atoms with Gasteiger partial charge in [0.2, 0.25) is 0 Å². The van der Waals surface area contributed by atoms with Gasteiger partial charge < -0.3 is 14.6 Å². The number of hydrogen-bond acceptors (Lipinski definition) is 4. The van der Waals surface area contributed by atoms with Crippen molar-refractivity contribution < 1.29 is 14.6 Å². The molecule has 0 saturated heterocycles. The van der Waals surface area contributed by atoms with E-state index in [4.69, 9.17) is 9.47 Å². The molecule has 0 aliphatic rings. The van der Waals surface area contributed by atoms with E-state index >= 15 is 0 Å². The van der Waals surface area contributed by atoms with E-state index in [0.29, 0.717) is 19.0 Å². The Morgan fingerprint density at radius 2 is 1.95 bits per heavy atom. The largest absolute Gasteiger partial charge is 0.491 e. The summed E-state index contributed by atoms with van der Waals surface area (Å²) in [4.78, 5) is 2.22. The molecule has 1 N–H and O–H groups in total. The second-order valence-electron chi connectivity index (χ2n) is 4.44. The standard InChI is InChI=1S/C16H20O3S/c1-3-12-8-9-15(20-12)16(17)13-6-4-5-7-14(13)19-11-10-18-2/h4-9,16-17H,3,10-11H2,1-2H3. The predicted molar refractivity (Wildman–Crippen MR) is 81.6 cm³/mol. The molecule has 0 spiro atoms. The van der Waals surface area contributed by atoms with Crippen LogP contribution in [0.25, 0.3) is 0 Å². The number of rotatable bonds is 7. The molecule has 1 aromatic carbocycles. The Morgan fingerprint density at radius 3 is 2.65 bits per heavy atom. The van der Waals surface area contributed by atoms with Gasteiger partial charge in [-0.3, -0.25) is 0 Å². The molecule has 2 aromatic rings. The van der Waals surface area contributed by atoms with Crippen LogP contribution >= 0.6 is 11.3 Å². The van der Waals surface area contributed by atoms with Crippen molar-refractivity contribution in [2.24, 2.45) is 0 Å². The SMILES string of the molecule is CCc1ccc(C(O)c2ccccc2OCCOC)s1. The van der Waals surface area contributed by atoms with E-state index in [1.165, 1.54) is 4.88 Å². The van der Waals surface area contributed by atoms with Crippen LogP contribution in [0.4, 0.5) is 0 Å². The summed E-state index contributed by atoms with van der Waals surface area (Å²) in [5, 5.41) is 10.5. The first-order valence-corrected chi connectivity index (χ1v) is 7.55. The molecule has 1 aromatic heterocycles. The molecule has 108 valence electrons. The lowest BCUT2D eigenvalue weighted by molar-refractivity contribution is 0.142. The molecule has 0 bridgehead atoms. The van der Waals surface area contributed by atoms with Gasteiger partial charge in [-0.25, -0.2) is 0 Å². The minimum Gasteiger partial charge on any atom is -0.491 e. The normalized spacial score (nSPS) is 12.3. The Balaban J connectivity index is 2.18. The first-order valence-electron chi connectivity index (χ1n) is 6.73. The van der Waals surface area contributed by atoms with Crippen LogP contribution in [0.15, 0.2) is 36.4 Å². The van der Waals surface area contributed by atoms with Gasteiger partial charge in [-0.2, -0.15) is 0 Å². The van der Waals surface area contributed by atoms with E-state index in [0.717, 1.165) is 16.9 Å². The van der Waals surface area contributed by atoms with Crippen molar-refractivity contribution >= 4 is 11.3 Å². The molecular formula is C16H20O3S. The highest BCUT2D eigenvalue weighted by molar-refractivity contribution is 7.12. The Morgan fingerprint density at radius 1 is 1.15 bits per heavy atom. The molecule has 0 amide bonds. The van der Waals surface area contributed by atoms with E-state index in [2.05, 4.69) is 13.0 Å². The molecule has 0 aliphatic heterocycles. The third kappa shape index (κ3) is 3.60. The van der Waals surface area contributed by atoms with Crippen LogP contribution in [-0.4, -0.2) is 25.4 Å². The van der Waals surface area contributed by atoms with Gasteiger partial charge in [0.1, 0.15) is 18.5 Å². The average molecular weight is 292 g/mol. The van der Waals surface area contributed by atoms with Crippen molar-refractivity contribution in [2.45, 2.75) is 19.4 Å². The molecule has 0 aliphatic carbocycles. The first-order chi connectivity index (χ1) is 9.76. The van der Waals surface area contributed by atoms with Gasteiger partial charge in [0.05, 0.1) is 6.61 Å². The zero-order chi connectivity index (χ0) is 14.4. The molecule has 4 heteroatoms. The highest BCUT2D eigenvalue weighted by Gasteiger charge is 2.17. The van der Waals surface area contributed by atoms with Crippen LogP contribution < -0.4 is 4.74 Å². The maximum atomic E-state index is 10.5. The van der Waals surface area contributed by atoms with Crippen LogP contribution in [0.5, 0.6) is 5.75 Å². The van der Waals surface area contributed by atoms with E-state index < -0.39 is 6.10 Å². The van der Waals surface area contributed by atoms with Gasteiger partial charge in [0.25, 0.3) is 0 Å². The first kappa shape index (κ1) is 15.0. The van der Waals surface area contributed by atoms with Crippen molar-refractivity contribution in [2.75, 3.05) is 20.3 Å². The minimum atomic E-state index is -0.640. The van der Waals surface area contributed by atoms with E-state index in [-0.39, 0.29) is 0 Å². The summed E-state index contributed by atoms with van der Waals surface area (Å²) in [5.41, 5.74) is 0.799. The van der Waals surface area contributed by atoms with Crippen LogP contribution in [0.1, 0.15) is 28.3 Å². The third-order valence-corrected chi connectivity index (χ3v) is 4.34. The van der Waals surface area contributed by atoms with Crippen molar-refractivity contribution in [3.63, 3.8) is 0 Å². The highest BCUT2D eigenvalue weighted by Crippen LogP contribution is 2.33. The summed E-state index contributed by atoms with van der Waals surface area (Å²) in [6, 6.07) is 11.7. The fraction of sp³-hybridized carbons (Fsp3) is 0.375. The van der Waals surface area contributed by atoms with Gasteiger partial charge in [-0.15, -0.1) is 11.3 Å². The van der Waals surface area contributed by atoms with Crippen LogP contribution in [0.3, 0.4) is 0 Å². The quantitative estimate of drug-likeness (QED) is 0.795. The number of ether oxygens (including phenoxy) is 2. The van der Waals surface area contributed by atoms with Gasteiger partial charge in [0.15, 0.2) is 0 Å². The Bertz CT molecular complexity index is 536. The van der Waals surface area contributed by atoms with E-state index in [1.54, 1.807) is 18.4 Å². The maximum Gasteiger partial charge on any atom is 0.125 e. The Kier molecular flexibility index (Phi) is 5.59. The zero-order valence-electron chi connectivity index (χ0n) is 11.8. The third-order valence-electron chi connectivity index (χ3n) is 3.06. The maximum absolute atomic E-state index is 10.5. The molecule has 3 nitrogen and oxygen atoms in total. The molecular weight excluding hydrogens is 272 g/mol. The van der Waals surface area contributed by atoms with E-state index in [9.17, 15) is 5.11 Å². The summed E-state index contributed by atoms with van der Waals surface area (Å²) in [5.74, 6) is 0.712. The highest BCUT2D eigenvalue weighted by atomic mass is 32.1. The van der Waals surface area contributed by atoms with E-state index in [1.807, 2.05) is 30.3 Å². The van der Waals surface area contributed by atoms with Crippen molar-refractivity contribution in [3.8, 4) is 5.75 Å². The predicted octanol–water partition coefficient (Wildman–Crippen LogP) is 3.42. The fourth-order valence-electron chi connectivity index (χ4n) is 1.96. The number of benzene rings is 1. The van der Waals surface area contributed by atoms with Crippen molar-refractivity contribution in [1.29, 1.82) is 0 Å². The topological polar surface area (TPSA) is 38.7 Å². The molecule has 20 heavy (non-hydrogen) atoms. The molecule has 1 unspecified atom stereocenters. The van der Waals surface area contributed by atoms with Crippen LogP contribution in [0.2, 0.25) is 0 Å². The lowest BCUT2D eigenvalue weighted by Crippen LogP contribution is -2.07. The number of thiophene rings is 1. The molecule has 0 fully saturated rings. The summed E-state index contributed by atoms with van der Waals surface area (Å²) in [6.07, 6.45) is 0.350. The zero-order valence-corrected chi connectivity index (χ0v) is 12.7. The number of aliphatic hydroxyl groups is 1. The number of hydrogen-bond donors (Lipinski definition) is 1. The Labute approximate surface area is 123 Å². The molecule has 2 rings (SSSR count). The van der Waals surface area contributed by atoms with Gasteiger partial charge in [-0.05, 0) is 24.6 Å². The molecule has 0 saturated carbocycles. The summed E-state index contributed by atoms with van der Waals surface area (Å²) in [7, 11) is 1.64. The monoisotopic (exact) mass is 292 g/mol. The van der Waals surface area contributed by atoms with Crippen molar-refractivity contribution in [1.82, 2.24) is 0 Å². The van der Waals surface area contributed by atoms with Gasteiger partial charge in [-0.1, -0.05) is 25.1 Å². The molecule has 1 atom stereocenters. The number of aryl methyl sites for hydroxylation is 1. The Hall–Kier alpha value is -1.36. The van der Waals surface area contributed by atoms with Crippen molar-refractivity contribution in [3.05, 3.63) is 51.7 Å². The average Bonchev–Trinajstić information content (AvgIpc) is 2.96. The summed E-state index contributed by atoms with van der Waals surface area (Å²) >= 11 is 1.64.